The Morgan fingerprint density at radius 1 is 1.37 bits per heavy atom. The van der Waals surface area contributed by atoms with Crippen molar-refractivity contribution in [3.05, 3.63) is 52.4 Å². The maximum Gasteiger partial charge on any atom is 0.251 e. The highest BCUT2D eigenvalue weighted by molar-refractivity contribution is 9.10. The van der Waals surface area contributed by atoms with E-state index in [1.165, 1.54) is 0 Å². The molecule has 0 saturated heterocycles. The van der Waals surface area contributed by atoms with Crippen LogP contribution in [0.25, 0.3) is 0 Å². The predicted molar refractivity (Wildman–Crippen MR) is 73.9 cm³/mol. The lowest BCUT2D eigenvalue weighted by Gasteiger charge is -2.06. The quantitative estimate of drug-likeness (QED) is 0.877. The number of methoxy groups -OCH3 is 1. The Morgan fingerprint density at radius 3 is 2.84 bits per heavy atom. The van der Waals surface area contributed by atoms with Gasteiger partial charge in [-0.1, -0.05) is 6.07 Å². The predicted octanol–water partition coefficient (Wildman–Crippen LogP) is 2.18. The molecule has 0 aliphatic rings. The average molecular weight is 322 g/mol. The van der Waals surface area contributed by atoms with Crippen LogP contribution in [0.5, 0.6) is 5.88 Å². The van der Waals surface area contributed by atoms with Gasteiger partial charge in [0.15, 0.2) is 0 Å². The lowest BCUT2D eigenvalue weighted by atomic mass is 10.2. The minimum Gasteiger partial charge on any atom is -0.481 e. The van der Waals surface area contributed by atoms with Gasteiger partial charge in [-0.25, -0.2) is 9.97 Å². The van der Waals surface area contributed by atoms with E-state index in [1.54, 1.807) is 37.7 Å². The first-order valence-corrected chi connectivity index (χ1v) is 6.37. The lowest BCUT2D eigenvalue weighted by molar-refractivity contribution is 0.0950. The molecule has 0 fully saturated rings. The first kappa shape index (κ1) is 13.5. The van der Waals surface area contributed by atoms with Gasteiger partial charge in [-0.05, 0) is 33.6 Å². The van der Waals surface area contributed by atoms with Crippen molar-refractivity contribution < 1.29 is 9.53 Å². The van der Waals surface area contributed by atoms with Gasteiger partial charge in [0, 0.05) is 30.6 Å². The van der Waals surface area contributed by atoms with Crippen LogP contribution in [0.3, 0.4) is 0 Å². The van der Waals surface area contributed by atoms with Crippen molar-refractivity contribution in [1.82, 2.24) is 15.3 Å². The normalized spacial score (nSPS) is 10.0. The van der Waals surface area contributed by atoms with E-state index in [9.17, 15) is 4.79 Å². The van der Waals surface area contributed by atoms with Crippen molar-refractivity contribution in [3.63, 3.8) is 0 Å². The molecule has 0 atom stereocenters. The van der Waals surface area contributed by atoms with Gasteiger partial charge in [0.2, 0.25) is 5.88 Å². The Morgan fingerprint density at radius 2 is 2.21 bits per heavy atom. The molecule has 2 aromatic heterocycles. The molecule has 6 heteroatoms. The molecule has 5 nitrogen and oxygen atoms in total. The highest BCUT2D eigenvalue weighted by Crippen LogP contribution is 2.09. The van der Waals surface area contributed by atoms with Crippen LogP contribution < -0.4 is 10.1 Å². The Hall–Kier alpha value is -1.95. The Labute approximate surface area is 119 Å². The number of pyridine rings is 2. The van der Waals surface area contributed by atoms with E-state index in [2.05, 4.69) is 31.2 Å². The molecule has 0 radical (unpaired) electrons. The molecule has 0 saturated carbocycles. The van der Waals surface area contributed by atoms with E-state index < -0.39 is 0 Å². The van der Waals surface area contributed by atoms with E-state index in [4.69, 9.17) is 4.74 Å². The molecule has 1 amide bonds. The number of nitrogens with one attached hydrogen (secondary N) is 1. The van der Waals surface area contributed by atoms with Crippen molar-refractivity contribution in [2.24, 2.45) is 0 Å². The van der Waals surface area contributed by atoms with Crippen LogP contribution in [0.2, 0.25) is 0 Å². The molecule has 0 aromatic carbocycles. The van der Waals surface area contributed by atoms with Gasteiger partial charge < -0.3 is 10.1 Å². The van der Waals surface area contributed by atoms with Gasteiger partial charge in [-0.2, -0.15) is 0 Å². The third kappa shape index (κ3) is 3.75. The molecule has 0 spiro atoms. The van der Waals surface area contributed by atoms with Gasteiger partial charge in [0.1, 0.15) is 4.60 Å². The number of ether oxygens (including phenoxy) is 1. The van der Waals surface area contributed by atoms with Crippen molar-refractivity contribution in [1.29, 1.82) is 0 Å². The van der Waals surface area contributed by atoms with Crippen molar-refractivity contribution in [2.45, 2.75) is 6.54 Å². The van der Waals surface area contributed by atoms with E-state index in [0.717, 1.165) is 5.56 Å². The Balaban J connectivity index is 1.96. The molecule has 98 valence electrons. The van der Waals surface area contributed by atoms with Crippen LogP contribution in [0.15, 0.2) is 41.3 Å². The SMILES string of the molecule is COc1ccc(CNC(=O)c2ccnc(Br)c2)cn1. The summed E-state index contributed by atoms with van der Waals surface area (Å²) in [5, 5.41) is 2.81. The number of hydrogen-bond donors (Lipinski definition) is 1. The first-order chi connectivity index (χ1) is 9.19. The second-order valence-corrected chi connectivity index (χ2v) is 4.57. The van der Waals surface area contributed by atoms with Gasteiger partial charge >= 0.3 is 0 Å². The van der Waals surface area contributed by atoms with Gasteiger partial charge in [0.05, 0.1) is 7.11 Å². The van der Waals surface area contributed by atoms with E-state index in [0.29, 0.717) is 22.6 Å². The standard InChI is InChI=1S/C13H12BrN3O2/c1-19-12-3-2-9(7-16-12)8-17-13(18)10-4-5-15-11(14)6-10/h2-7H,8H2,1H3,(H,17,18). The molecule has 2 rings (SSSR count). The summed E-state index contributed by atoms with van der Waals surface area (Å²) < 4.78 is 5.60. The molecular weight excluding hydrogens is 310 g/mol. The third-order valence-electron chi connectivity index (χ3n) is 2.45. The summed E-state index contributed by atoms with van der Waals surface area (Å²) in [6, 6.07) is 6.94. The number of hydrogen-bond acceptors (Lipinski definition) is 4. The number of amides is 1. The van der Waals surface area contributed by atoms with Crippen molar-refractivity contribution in [2.75, 3.05) is 7.11 Å². The molecular formula is C13H12BrN3O2. The summed E-state index contributed by atoms with van der Waals surface area (Å²) in [6.07, 6.45) is 3.25. The molecule has 1 N–H and O–H groups in total. The lowest BCUT2D eigenvalue weighted by Crippen LogP contribution is -2.22. The Bertz CT molecular complexity index is 572. The van der Waals surface area contributed by atoms with Crippen LogP contribution in [0.4, 0.5) is 0 Å². The number of carbonyl (C=O) groups is 1. The zero-order chi connectivity index (χ0) is 13.7. The smallest absolute Gasteiger partial charge is 0.251 e. The zero-order valence-electron chi connectivity index (χ0n) is 10.3. The second kappa shape index (κ2) is 6.29. The average Bonchev–Trinajstić information content (AvgIpc) is 2.45. The van der Waals surface area contributed by atoms with Crippen molar-refractivity contribution in [3.8, 4) is 5.88 Å². The topological polar surface area (TPSA) is 64.1 Å². The zero-order valence-corrected chi connectivity index (χ0v) is 11.8. The fourth-order valence-corrected chi connectivity index (χ4v) is 1.83. The maximum absolute atomic E-state index is 11.9. The number of aromatic nitrogens is 2. The molecule has 0 bridgehead atoms. The second-order valence-electron chi connectivity index (χ2n) is 3.76. The fraction of sp³-hybridized carbons (Fsp3) is 0.154. The number of nitrogens with zero attached hydrogens (tertiary/aromatic N) is 2. The van der Waals surface area contributed by atoms with Crippen LogP contribution >= 0.6 is 15.9 Å². The highest BCUT2D eigenvalue weighted by atomic mass is 79.9. The van der Waals surface area contributed by atoms with Crippen LogP contribution in [0.1, 0.15) is 15.9 Å². The Kier molecular flexibility index (Phi) is 4.46. The molecule has 19 heavy (non-hydrogen) atoms. The molecule has 0 aliphatic carbocycles. The van der Waals surface area contributed by atoms with Crippen LogP contribution in [0, 0.1) is 0 Å². The summed E-state index contributed by atoms with van der Waals surface area (Å²) in [5.74, 6) is 0.395. The third-order valence-corrected chi connectivity index (χ3v) is 2.88. The molecule has 0 aliphatic heterocycles. The minimum absolute atomic E-state index is 0.154. The summed E-state index contributed by atoms with van der Waals surface area (Å²) in [4.78, 5) is 19.9. The van der Waals surface area contributed by atoms with Crippen LogP contribution in [-0.2, 0) is 6.54 Å². The highest BCUT2D eigenvalue weighted by Gasteiger charge is 2.06. The number of carbonyl (C=O) groups excluding carboxylic acids is 1. The number of halogens is 1. The summed E-state index contributed by atoms with van der Waals surface area (Å²) in [5.41, 5.74) is 1.46. The van der Waals surface area contributed by atoms with E-state index >= 15 is 0 Å². The van der Waals surface area contributed by atoms with Gasteiger partial charge in [-0.3, -0.25) is 4.79 Å². The summed E-state index contributed by atoms with van der Waals surface area (Å²) in [7, 11) is 1.56. The summed E-state index contributed by atoms with van der Waals surface area (Å²) >= 11 is 3.23. The van der Waals surface area contributed by atoms with Crippen molar-refractivity contribution >= 4 is 21.8 Å². The van der Waals surface area contributed by atoms with E-state index in [-0.39, 0.29) is 5.91 Å². The fourth-order valence-electron chi connectivity index (χ4n) is 1.46. The first-order valence-electron chi connectivity index (χ1n) is 5.57. The minimum atomic E-state index is -0.154. The molecule has 0 unspecified atom stereocenters. The molecule has 2 heterocycles. The van der Waals surface area contributed by atoms with Gasteiger partial charge in [-0.15, -0.1) is 0 Å². The van der Waals surface area contributed by atoms with Gasteiger partial charge in [0.25, 0.3) is 5.91 Å². The molecule has 2 aromatic rings. The van der Waals surface area contributed by atoms with E-state index in [1.807, 2.05) is 6.07 Å². The summed E-state index contributed by atoms with van der Waals surface area (Å²) in [6.45, 7) is 0.412. The monoisotopic (exact) mass is 321 g/mol. The largest absolute Gasteiger partial charge is 0.481 e. The van der Waals surface area contributed by atoms with Crippen LogP contribution in [-0.4, -0.2) is 23.0 Å². The number of rotatable bonds is 4. The maximum atomic E-state index is 11.9.